The quantitative estimate of drug-likeness (QED) is 0.361. The highest BCUT2D eigenvalue weighted by atomic mass is 32.2. The lowest BCUT2D eigenvalue weighted by molar-refractivity contribution is -0.122. The van der Waals surface area contributed by atoms with Gasteiger partial charge >= 0.3 is 6.16 Å². The average molecular weight is 560 g/mol. The predicted octanol–water partition coefficient (Wildman–Crippen LogP) is 4.53. The Morgan fingerprint density at radius 2 is 1.69 bits per heavy atom. The van der Waals surface area contributed by atoms with Crippen LogP contribution in [0.2, 0.25) is 0 Å². The zero-order valence-electron chi connectivity index (χ0n) is 22.5. The number of nitrogens with zero attached hydrogens (tertiary/aromatic N) is 1. The van der Waals surface area contributed by atoms with E-state index in [9.17, 15) is 22.8 Å². The van der Waals surface area contributed by atoms with E-state index in [-0.39, 0.29) is 28.4 Å². The van der Waals surface area contributed by atoms with Crippen molar-refractivity contribution in [1.29, 1.82) is 0 Å². The van der Waals surface area contributed by atoms with Crippen LogP contribution in [0.3, 0.4) is 0 Å². The summed E-state index contributed by atoms with van der Waals surface area (Å²) in [4.78, 5) is 40.3. The van der Waals surface area contributed by atoms with E-state index in [1.54, 1.807) is 12.1 Å². The first kappa shape index (κ1) is 30.1. The third-order valence-corrected chi connectivity index (χ3v) is 8.10. The molecule has 0 atom stereocenters. The van der Waals surface area contributed by atoms with Crippen molar-refractivity contribution in [2.75, 3.05) is 6.54 Å². The first-order valence-electron chi connectivity index (χ1n) is 13.5. The molecule has 1 aromatic carbocycles. The van der Waals surface area contributed by atoms with Gasteiger partial charge in [-0.25, -0.2) is 22.9 Å². The fourth-order valence-corrected chi connectivity index (χ4v) is 5.40. The lowest BCUT2D eigenvalue weighted by atomic mass is 9.87. The van der Waals surface area contributed by atoms with E-state index in [2.05, 4.69) is 10.3 Å². The van der Waals surface area contributed by atoms with Crippen LogP contribution < -0.4 is 14.8 Å². The van der Waals surface area contributed by atoms with Gasteiger partial charge in [0.05, 0.1) is 10.5 Å². The van der Waals surface area contributed by atoms with Crippen LogP contribution in [0.25, 0.3) is 0 Å². The maximum Gasteiger partial charge on any atom is 0.515 e. The molecule has 11 heteroatoms. The zero-order valence-corrected chi connectivity index (χ0v) is 23.3. The Morgan fingerprint density at radius 1 is 1.00 bits per heavy atom. The van der Waals surface area contributed by atoms with E-state index in [4.69, 9.17) is 9.47 Å². The van der Waals surface area contributed by atoms with Crippen LogP contribution in [0.4, 0.5) is 4.79 Å². The fourth-order valence-electron chi connectivity index (χ4n) is 4.42. The Hall–Kier alpha value is -3.47. The topological polar surface area (TPSA) is 141 Å². The predicted molar refractivity (Wildman–Crippen MR) is 145 cm³/mol. The van der Waals surface area contributed by atoms with Gasteiger partial charge in [-0.05, 0) is 61.8 Å². The molecule has 1 aliphatic carbocycles. The average Bonchev–Trinajstić information content (AvgIpc) is 2.92. The Balaban J connectivity index is 1.47. The van der Waals surface area contributed by atoms with Crippen LogP contribution >= 0.6 is 0 Å². The van der Waals surface area contributed by atoms with E-state index >= 15 is 0 Å². The molecule has 1 aromatic heterocycles. The highest BCUT2D eigenvalue weighted by Gasteiger charge is 2.20. The van der Waals surface area contributed by atoms with Crippen molar-refractivity contribution in [2.45, 2.75) is 82.6 Å². The van der Waals surface area contributed by atoms with Crippen LogP contribution in [-0.4, -0.2) is 44.0 Å². The second-order valence-electron chi connectivity index (χ2n) is 9.68. The Morgan fingerprint density at radius 3 is 2.31 bits per heavy atom. The maximum absolute atomic E-state index is 12.7. The van der Waals surface area contributed by atoms with Gasteiger partial charge in [-0.3, -0.25) is 9.59 Å². The van der Waals surface area contributed by atoms with Crippen molar-refractivity contribution in [3.8, 4) is 5.88 Å². The maximum atomic E-state index is 12.7. The molecule has 39 heavy (non-hydrogen) atoms. The summed E-state index contributed by atoms with van der Waals surface area (Å²) in [6.45, 7) is 4.24. The van der Waals surface area contributed by atoms with Crippen molar-refractivity contribution in [3.05, 3.63) is 53.7 Å². The molecule has 0 aliphatic heterocycles. The second-order valence-corrected chi connectivity index (χ2v) is 11.4. The molecule has 2 amide bonds. The lowest BCUT2D eigenvalue weighted by Crippen LogP contribution is -2.30. The Labute approximate surface area is 229 Å². The summed E-state index contributed by atoms with van der Waals surface area (Å²) < 4.78 is 37.5. The van der Waals surface area contributed by atoms with Crippen LogP contribution in [0.1, 0.15) is 81.1 Å². The fraction of sp³-hybridized carbons (Fsp3) is 0.500. The number of sulfonamides is 1. The van der Waals surface area contributed by atoms with Gasteiger partial charge in [0.2, 0.25) is 11.8 Å². The van der Waals surface area contributed by atoms with E-state index in [1.165, 1.54) is 43.5 Å². The van der Waals surface area contributed by atoms with E-state index in [1.807, 2.05) is 18.6 Å². The first-order valence-corrected chi connectivity index (χ1v) is 15.0. The molecule has 1 heterocycles. The number of carbonyl (C=O) groups is 3. The molecule has 2 N–H and O–H groups in total. The van der Waals surface area contributed by atoms with E-state index < -0.39 is 22.1 Å². The van der Waals surface area contributed by atoms with Gasteiger partial charge in [0.25, 0.3) is 15.9 Å². The first-order chi connectivity index (χ1) is 18.7. The molecule has 0 bridgehead atoms. The summed E-state index contributed by atoms with van der Waals surface area (Å²) in [6.07, 6.45) is 8.24. The third kappa shape index (κ3) is 9.65. The normalized spacial score (nSPS) is 14.0. The number of carbonyl (C=O) groups excluding carboxylic acids is 3. The number of rotatable bonds is 12. The minimum atomic E-state index is -4.13. The molecule has 2 aromatic rings. The molecular formula is C28H37N3O7S. The number of ether oxygens (including phenoxy) is 2. The molecule has 1 fully saturated rings. The summed E-state index contributed by atoms with van der Waals surface area (Å²) in [7, 11) is -4.13. The number of hydrogen-bond donors (Lipinski definition) is 2. The number of aromatic nitrogens is 1. The number of benzene rings is 1. The molecular weight excluding hydrogens is 522 g/mol. The summed E-state index contributed by atoms with van der Waals surface area (Å²) in [6, 6.07) is 8.70. The summed E-state index contributed by atoms with van der Waals surface area (Å²) >= 11 is 0. The van der Waals surface area contributed by atoms with Crippen LogP contribution in [-0.2, 0) is 26.0 Å². The summed E-state index contributed by atoms with van der Waals surface area (Å²) in [5.74, 6) is -0.424. The highest BCUT2D eigenvalue weighted by Crippen LogP contribution is 2.26. The minimum absolute atomic E-state index is 0.0279. The Bertz CT molecular complexity index is 1200. The van der Waals surface area contributed by atoms with Crippen molar-refractivity contribution in [2.24, 2.45) is 5.92 Å². The molecule has 3 rings (SSSR count). The number of nitrogens with one attached hydrogen (secondary N) is 2. The lowest BCUT2D eigenvalue weighted by Gasteiger charge is -2.20. The molecule has 212 valence electrons. The number of amides is 2. The molecule has 1 aliphatic rings. The Kier molecular flexibility index (Phi) is 11.3. The monoisotopic (exact) mass is 559 g/mol. The van der Waals surface area contributed by atoms with Gasteiger partial charge < -0.3 is 14.8 Å². The summed E-state index contributed by atoms with van der Waals surface area (Å²) in [5, 5.41) is 2.94. The van der Waals surface area contributed by atoms with Crippen LogP contribution in [0.5, 0.6) is 5.88 Å². The van der Waals surface area contributed by atoms with Crippen molar-refractivity contribution in [1.82, 2.24) is 15.0 Å². The standard InChI is InChI=1S/C28H37N3O7S/c1-3-23(4-2)37-28(34)38-26-15-12-22(19-30-26)27(33)31-39(35,36)24-13-10-20(11-14-24)16-17-29-25(32)18-21-8-6-5-7-9-21/h10-15,19,21,23H,3-9,16-18H2,1-2H3,(H,29,32)(H,31,33). The van der Waals surface area contributed by atoms with Gasteiger partial charge in [-0.2, -0.15) is 0 Å². The van der Waals surface area contributed by atoms with Gasteiger partial charge in [0, 0.05) is 25.2 Å². The zero-order chi connectivity index (χ0) is 28.3. The molecule has 10 nitrogen and oxygen atoms in total. The smallest absolute Gasteiger partial charge is 0.431 e. The van der Waals surface area contributed by atoms with Gasteiger partial charge in [0.15, 0.2) is 0 Å². The summed E-state index contributed by atoms with van der Waals surface area (Å²) in [5.41, 5.74) is 0.834. The number of hydrogen-bond acceptors (Lipinski definition) is 8. The van der Waals surface area contributed by atoms with Crippen LogP contribution in [0.15, 0.2) is 47.5 Å². The molecule has 0 unspecified atom stereocenters. The molecule has 0 radical (unpaired) electrons. The van der Waals surface area contributed by atoms with Crippen molar-refractivity contribution in [3.63, 3.8) is 0 Å². The van der Waals surface area contributed by atoms with Gasteiger partial charge in [0.1, 0.15) is 6.10 Å². The van der Waals surface area contributed by atoms with E-state index in [0.29, 0.717) is 38.1 Å². The SMILES string of the molecule is CCC(CC)OC(=O)Oc1ccc(C(=O)NS(=O)(=O)c2ccc(CCNC(=O)CC3CCCCC3)cc2)cn1. The van der Waals surface area contributed by atoms with E-state index in [0.717, 1.165) is 24.6 Å². The number of pyridine rings is 1. The van der Waals surface area contributed by atoms with Crippen molar-refractivity contribution >= 4 is 28.0 Å². The van der Waals surface area contributed by atoms with Gasteiger partial charge in [-0.15, -0.1) is 0 Å². The molecule has 1 saturated carbocycles. The third-order valence-electron chi connectivity index (χ3n) is 6.76. The van der Waals surface area contributed by atoms with Crippen LogP contribution in [0, 0.1) is 5.92 Å². The van der Waals surface area contributed by atoms with Gasteiger partial charge in [-0.1, -0.05) is 45.2 Å². The second kappa shape index (κ2) is 14.6. The molecule has 0 saturated heterocycles. The largest absolute Gasteiger partial charge is 0.515 e. The van der Waals surface area contributed by atoms with Crippen molar-refractivity contribution < 1.29 is 32.3 Å². The molecule has 0 spiro atoms. The highest BCUT2D eigenvalue weighted by molar-refractivity contribution is 7.90. The minimum Gasteiger partial charge on any atom is -0.431 e.